The van der Waals surface area contributed by atoms with E-state index in [0.29, 0.717) is 33.9 Å². The zero-order valence-corrected chi connectivity index (χ0v) is 23.1. The van der Waals surface area contributed by atoms with Crippen molar-refractivity contribution in [3.63, 3.8) is 0 Å². The molecule has 41 heavy (non-hydrogen) atoms. The summed E-state index contributed by atoms with van der Waals surface area (Å²) < 4.78 is 1.58. The first-order valence-electron chi connectivity index (χ1n) is 13.4. The standard InChI is InChI=1S/C29H29ClN10O/c1-17(28-38-37-25-9-8-24(39-40(25)28)35-22-7-3-6-21(30)15-22)34-29(41)26-27(31)33-16-23(36-26)20-5-2-4-19(14-20)18-10-12-32-13-11-18/h2-9,14-18,32H,10-13H2,1H3,(H2,31,33)(H,34,41)(H,35,39)/t17-/m1/s1. The molecule has 208 valence electrons. The highest BCUT2D eigenvalue weighted by molar-refractivity contribution is 6.30. The molecular weight excluding hydrogens is 540 g/mol. The summed E-state index contributed by atoms with van der Waals surface area (Å²) in [5.41, 5.74) is 10.2. The van der Waals surface area contributed by atoms with Gasteiger partial charge < -0.3 is 21.7 Å². The number of benzene rings is 2. The van der Waals surface area contributed by atoms with Crippen molar-refractivity contribution in [2.24, 2.45) is 0 Å². The number of carbonyl (C=O) groups excluding carboxylic acids is 1. The lowest BCUT2D eigenvalue weighted by molar-refractivity contribution is 0.0933. The van der Waals surface area contributed by atoms with Gasteiger partial charge >= 0.3 is 0 Å². The molecule has 6 rings (SSSR count). The van der Waals surface area contributed by atoms with Gasteiger partial charge in [0.15, 0.2) is 28.8 Å². The molecule has 3 aromatic heterocycles. The van der Waals surface area contributed by atoms with Gasteiger partial charge in [0.1, 0.15) is 0 Å². The molecule has 5 aromatic rings. The van der Waals surface area contributed by atoms with Crippen LogP contribution in [-0.4, -0.2) is 48.8 Å². The van der Waals surface area contributed by atoms with Gasteiger partial charge in [0.25, 0.3) is 5.91 Å². The van der Waals surface area contributed by atoms with E-state index in [0.717, 1.165) is 37.2 Å². The molecule has 11 nitrogen and oxygen atoms in total. The summed E-state index contributed by atoms with van der Waals surface area (Å²) in [5, 5.41) is 23.2. The first-order valence-corrected chi connectivity index (χ1v) is 13.8. The van der Waals surface area contributed by atoms with Crippen LogP contribution in [0.2, 0.25) is 5.02 Å². The molecule has 0 radical (unpaired) electrons. The molecule has 0 bridgehead atoms. The third-order valence-corrected chi connectivity index (χ3v) is 7.36. The van der Waals surface area contributed by atoms with Crippen LogP contribution < -0.4 is 21.7 Å². The molecule has 4 heterocycles. The minimum absolute atomic E-state index is 0.0465. The number of aromatic nitrogens is 6. The van der Waals surface area contributed by atoms with Crippen molar-refractivity contribution in [3.05, 3.63) is 89.0 Å². The fraction of sp³-hybridized carbons (Fsp3) is 0.241. The van der Waals surface area contributed by atoms with E-state index in [-0.39, 0.29) is 11.5 Å². The fourth-order valence-electron chi connectivity index (χ4n) is 5.00. The summed E-state index contributed by atoms with van der Waals surface area (Å²) in [6, 6.07) is 18.6. The van der Waals surface area contributed by atoms with Crippen molar-refractivity contribution in [1.29, 1.82) is 0 Å². The first-order chi connectivity index (χ1) is 19.9. The molecule has 1 amide bonds. The Hall–Kier alpha value is -4.61. The summed E-state index contributed by atoms with van der Waals surface area (Å²) in [7, 11) is 0. The second kappa shape index (κ2) is 11.5. The number of rotatable bonds is 7. The Morgan fingerprint density at radius 3 is 2.76 bits per heavy atom. The van der Waals surface area contributed by atoms with Crippen molar-refractivity contribution in [2.45, 2.75) is 31.7 Å². The summed E-state index contributed by atoms with van der Waals surface area (Å²) in [6.45, 7) is 3.81. The molecule has 0 spiro atoms. The number of nitrogen functional groups attached to an aromatic ring is 1. The van der Waals surface area contributed by atoms with E-state index < -0.39 is 11.9 Å². The van der Waals surface area contributed by atoms with Gasteiger partial charge in [-0.1, -0.05) is 35.9 Å². The van der Waals surface area contributed by atoms with Gasteiger partial charge in [0, 0.05) is 16.3 Å². The number of hydrogen-bond donors (Lipinski definition) is 4. The van der Waals surface area contributed by atoms with Crippen LogP contribution in [0.3, 0.4) is 0 Å². The Balaban J connectivity index is 1.22. The molecule has 0 saturated carbocycles. The van der Waals surface area contributed by atoms with Crippen LogP contribution in [0.5, 0.6) is 0 Å². The molecule has 1 saturated heterocycles. The average molecular weight is 569 g/mol. The van der Waals surface area contributed by atoms with Crippen molar-refractivity contribution in [3.8, 4) is 11.3 Å². The topological polar surface area (TPSA) is 148 Å². The molecule has 1 aliphatic rings. The van der Waals surface area contributed by atoms with E-state index in [9.17, 15) is 4.79 Å². The molecular formula is C29H29ClN10O. The molecule has 12 heteroatoms. The molecule has 2 aromatic carbocycles. The van der Waals surface area contributed by atoms with E-state index in [1.165, 1.54) is 5.56 Å². The maximum absolute atomic E-state index is 13.3. The Morgan fingerprint density at radius 2 is 1.93 bits per heavy atom. The number of amides is 1. The van der Waals surface area contributed by atoms with Crippen molar-refractivity contribution in [2.75, 3.05) is 24.1 Å². The maximum atomic E-state index is 13.3. The average Bonchev–Trinajstić information content (AvgIpc) is 3.41. The van der Waals surface area contributed by atoms with Crippen LogP contribution in [0.15, 0.2) is 66.9 Å². The molecule has 1 fully saturated rings. The summed E-state index contributed by atoms with van der Waals surface area (Å²) in [5.74, 6) is 1.08. The zero-order chi connectivity index (χ0) is 28.3. The molecule has 0 aliphatic carbocycles. The van der Waals surface area contributed by atoms with Gasteiger partial charge in [-0.05, 0) is 80.7 Å². The maximum Gasteiger partial charge on any atom is 0.274 e. The van der Waals surface area contributed by atoms with Gasteiger partial charge in [-0.15, -0.1) is 15.3 Å². The lowest BCUT2D eigenvalue weighted by atomic mass is 9.89. The first kappa shape index (κ1) is 26.6. The highest BCUT2D eigenvalue weighted by Gasteiger charge is 2.22. The Morgan fingerprint density at radius 1 is 1.10 bits per heavy atom. The van der Waals surface area contributed by atoms with E-state index in [1.807, 2.05) is 24.3 Å². The van der Waals surface area contributed by atoms with Crippen molar-refractivity contribution >= 4 is 40.5 Å². The van der Waals surface area contributed by atoms with Crippen LogP contribution in [0, 0.1) is 0 Å². The van der Waals surface area contributed by atoms with E-state index in [2.05, 4.69) is 53.3 Å². The molecule has 0 unspecified atom stereocenters. The minimum atomic E-state index is -0.556. The van der Waals surface area contributed by atoms with Gasteiger partial charge in [-0.25, -0.2) is 9.97 Å². The van der Waals surface area contributed by atoms with Crippen molar-refractivity contribution in [1.82, 2.24) is 40.4 Å². The Labute approximate surface area is 241 Å². The van der Waals surface area contributed by atoms with Crippen molar-refractivity contribution < 1.29 is 4.79 Å². The van der Waals surface area contributed by atoms with Gasteiger partial charge in [0.05, 0.1) is 17.9 Å². The number of nitrogens with zero attached hydrogens (tertiary/aromatic N) is 6. The monoisotopic (exact) mass is 568 g/mol. The zero-order valence-electron chi connectivity index (χ0n) is 22.4. The molecule has 1 aliphatic heterocycles. The lowest BCUT2D eigenvalue weighted by Crippen LogP contribution is -2.30. The lowest BCUT2D eigenvalue weighted by Gasteiger charge is -2.23. The number of fused-ring (bicyclic) bond motifs is 1. The number of nitrogens with one attached hydrogen (secondary N) is 3. The van der Waals surface area contributed by atoms with E-state index in [4.69, 9.17) is 17.3 Å². The largest absolute Gasteiger partial charge is 0.382 e. The second-order valence-electron chi connectivity index (χ2n) is 10.0. The normalized spacial score (nSPS) is 14.6. The van der Waals surface area contributed by atoms with Crippen LogP contribution in [0.1, 0.15) is 53.6 Å². The molecule has 1 atom stereocenters. The van der Waals surface area contributed by atoms with Crippen LogP contribution >= 0.6 is 11.6 Å². The minimum Gasteiger partial charge on any atom is -0.382 e. The number of carbonyl (C=O) groups is 1. The highest BCUT2D eigenvalue weighted by atomic mass is 35.5. The number of halogens is 1. The van der Waals surface area contributed by atoms with Crippen LogP contribution in [0.25, 0.3) is 16.9 Å². The fourth-order valence-corrected chi connectivity index (χ4v) is 5.19. The Bertz CT molecular complexity index is 1720. The number of hydrogen-bond acceptors (Lipinski definition) is 9. The molecule has 5 N–H and O–H groups in total. The number of nitrogens with two attached hydrogens (primary N) is 1. The summed E-state index contributed by atoms with van der Waals surface area (Å²) in [6.07, 6.45) is 3.78. The van der Waals surface area contributed by atoms with Crippen LogP contribution in [-0.2, 0) is 0 Å². The van der Waals surface area contributed by atoms with Gasteiger partial charge in [-0.2, -0.15) is 4.52 Å². The van der Waals surface area contributed by atoms with Gasteiger partial charge in [-0.3, -0.25) is 4.79 Å². The van der Waals surface area contributed by atoms with E-state index in [1.54, 1.807) is 41.9 Å². The Kier molecular flexibility index (Phi) is 7.45. The third-order valence-electron chi connectivity index (χ3n) is 7.13. The predicted molar refractivity (Wildman–Crippen MR) is 158 cm³/mol. The van der Waals surface area contributed by atoms with Crippen LogP contribution in [0.4, 0.5) is 17.3 Å². The van der Waals surface area contributed by atoms with Gasteiger partial charge in [0.2, 0.25) is 0 Å². The quantitative estimate of drug-likeness (QED) is 0.222. The second-order valence-corrected chi connectivity index (χ2v) is 10.5. The summed E-state index contributed by atoms with van der Waals surface area (Å²) in [4.78, 5) is 22.2. The van der Waals surface area contributed by atoms with E-state index >= 15 is 0 Å². The summed E-state index contributed by atoms with van der Waals surface area (Å²) >= 11 is 6.10. The smallest absolute Gasteiger partial charge is 0.274 e. The predicted octanol–water partition coefficient (Wildman–Crippen LogP) is 4.52. The SMILES string of the molecule is C[C@@H](NC(=O)c1nc(-c2cccc(C3CCNCC3)c2)cnc1N)c1nnc2ccc(Nc3cccc(Cl)c3)nn12. The number of anilines is 3. The third kappa shape index (κ3) is 5.81. The highest BCUT2D eigenvalue weighted by Crippen LogP contribution is 2.29. The number of piperidine rings is 1.